The summed E-state index contributed by atoms with van der Waals surface area (Å²) >= 11 is 0. The molecule has 3 nitrogen and oxygen atoms in total. The molecule has 0 saturated carbocycles. The Morgan fingerprint density at radius 3 is 2.60 bits per heavy atom. The van der Waals surface area contributed by atoms with Gasteiger partial charge >= 0.3 is 5.97 Å². The lowest BCUT2D eigenvalue weighted by Crippen LogP contribution is -2.25. The summed E-state index contributed by atoms with van der Waals surface area (Å²) in [7, 11) is 0. The van der Waals surface area contributed by atoms with Gasteiger partial charge in [0.05, 0.1) is 12.0 Å². The van der Waals surface area contributed by atoms with Crippen LogP contribution in [0, 0.1) is 12.7 Å². The quantitative estimate of drug-likeness (QED) is 0.803. The Bertz CT molecular complexity index is 385. The first-order valence-corrected chi connectivity index (χ1v) is 4.54. The van der Waals surface area contributed by atoms with Crippen LogP contribution in [-0.4, -0.2) is 16.2 Å². The van der Waals surface area contributed by atoms with Crippen LogP contribution in [0.5, 0.6) is 0 Å². The summed E-state index contributed by atoms with van der Waals surface area (Å²) < 4.78 is 13.0. The number of benzene rings is 1. The predicted octanol–water partition coefficient (Wildman–Crippen LogP) is 1.82. The second-order valence-electron chi connectivity index (χ2n) is 3.81. The molecule has 0 bridgehead atoms. The average molecular weight is 212 g/mol. The monoisotopic (exact) mass is 212 g/mol. The molecule has 0 aliphatic heterocycles. The number of hydrogen-bond acceptors (Lipinski definition) is 2. The van der Waals surface area contributed by atoms with E-state index in [-0.39, 0.29) is 5.82 Å². The van der Waals surface area contributed by atoms with Gasteiger partial charge in [0.25, 0.3) is 0 Å². The summed E-state index contributed by atoms with van der Waals surface area (Å²) in [5, 5.41) is 18.5. The van der Waals surface area contributed by atoms with Crippen LogP contribution in [0.1, 0.15) is 24.5 Å². The van der Waals surface area contributed by atoms with E-state index in [0.717, 1.165) is 0 Å². The molecule has 4 heteroatoms. The van der Waals surface area contributed by atoms with Crippen molar-refractivity contribution in [3.8, 4) is 0 Å². The molecule has 0 radical (unpaired) electrons. The van der Waals surface area contributed by atoms with Gasteiger partial charge in [-0.1, -0.05) is 12.1 Å². The maximum Gasteiger partial charge on any atom is 0.306 e. The van der Waals surface area contributed by atoms with Crippen LogP contribution in [0.2, 0.25) is 0 Å². The molecular weight excluding hydrogens is 199 g/mol. The van der Waals surface area contributed by atoms with Gasteiger partial charge in [-0.15, -0.1) is 0 Å². The zero-order valence-electron chi connectivity index (χ0n) is 8.62. The summed E-state index contributed by atoms with van der Waals surface area (Å²) in [6.45, 7) is 2.96. The van der Waals surface area contributed by atoms with Gasteiger partial charge in [0, 0.05) is 0 Å². The van der Waals surface area contributed by atoms with Crippen LogP contribution < -0.4 is 0 Å². The summed E-state index contributed by atoms with van der Waals surface area (Å²) in [6, 6.07) is 4.07. The number of halogens is 1. The third-order valence-electron chi connectivity index (χ3n) is 2.28. The highest BCUT2D eigenvalue weighted by Gasteiger charge is 2.26. The van der Waals surface area contributed by atoms with Crippen LogP contribution in [0.15, 0.2) is 18.2 Å². The number of hydrogen-bond donors (Lipinski definition) is 2. The second-order valence-corrected chi connectivity index (χ2v) is 3.81. The Kier molecular flexibility index (Phi) is 3.09. The fraction of sp³-hybridized carbons (Fsp3) is 0.364. The Morgan fingerprint density at radius 2 is 2.13 bits per heavy atom. The number of aliphatic carboxylic acids is 1. The molecule has 0 amide bonds. The van der Waals surface area contributed by atoms with Gasteiger partial charge in [-0.2, -0.15) is 0 Å². The molecule has 0 aliphatic rings. The van der Waals surface area contributed by atoms with Gasteiger partial charge in [-0.25, -0.2) is 4.39 Å². The SMILES string of the molecule is Cc1cc(C(C)(O)CC(=O)O)ccc1F. The molecule has 1 unspecified atom stereocenters. The normalized spacial score (nSPS) is 14.7. The van der Waals surface area contributed by atoms with Crippen molar-refractivity contribution in [2.75, 3.05) is 0 Å². The minimum absolute atomic E-state index is 0.370. The van der Waals surface area contributed by atoms with Gasteiger partial charge in [-0.05, 0) is 31.0 Å². The average Bonchev–Trinajstić information content (AvgIpc) is 2.07. The van der Waals surface area contributed by atoms with Gasteiger partial charge in [0.1, 0.15) is 5.82 Å². The largest absolute Gasteiger partial charge is 0.481 e. The molecule has 2 N–H and O–H groups in total. The Hall–Kier alpha value is -1.42. The summed E-state index contributed by atoms with van der Waals surface area (Å²) in [5.41, 5.74) is -0.674. The zero-order valence-corrected chi connectivity index (χ0v) is 8.62. The minimum atomic E-state index is -1.47. The molecule has 1 aromatic rings. The fourth-order valence-electron chi connectivity index (χ4n) is 1.38. The maximum absolute atomic E-state index is 13.0. The van der Waals surface area contributed by atoms with E-state index in [9.17, 15) is 14.3 Å². The number of aryl methyl sites for hydroxylation is 1. The Balaban J connectivity index is 3.04. The van der Waals surface area contributed by atoms with Crippen LogP contribution in [0.25, 0.3) is 0 Å². The highest BCUT2D eigenvalue weighted by Crippen LogP contribution is 2.25. The molecule has 0 saturated heterocycles. The van der Waals surface area contributed by atoms with Gasteiger partial charge < -0.3 is 10.2 Å². The topological polar surface area (TPSA) is 57.5 Å². The molecule has 0 spiro atoms. The lowest BCUT2D eigenvalue weighted by atomic mass is 9.91. The molecule has 1 atom stereocenters. The zero-order chi connectivity index (χ0) is 11.6. The minimum Gasteiger partial charge on any atom is -0.481 e. The number of aliphatic hydroxyl groups is 1. The molecule has 0 fully saturated rings. The third kappa shape index (κ3) is 2.76. The van der Waals surface area contributed by atoms with Crippen molar-refractivity contribution >= 4 is 5.97 Å². The molecule has 0 aliphatic carbocycles. The standard InChI is InChI=1S/C11H13FO3/c1-7-5-8(3-4-9(7)12)11(2,15)6-10(13)14/h3-5,15H,6H2,1-2H3,(H,13,14). The highest BCUT2D eigenvalue weighted by atomic mass is 19.1. The van der Waals surface area contributed by atoms with E-state index in [1.165, 1.54) is 25.1 Å². The van der Waals surface area contributed by atoms with Crippen LogP contribution >= 0.6 is 0 Å². The van der Waals surface area contributed by atoms with Crippen molar-refractivity contribution < 1.29 is 19.4 Å². The lowest BCUT2D eigenvalue weighted by molar-refractivity contribution is -0.142. The first-order chi connectivity index (χ1) is 6.83. The van der Waals surface area contributed by atoms with E-state index in [4.69, 9.17) is 5.11 Å². The molecule has 1 aromatic carbocycles. The predicted molar refractivity (Wildman–Crippen MR) is 53.0 cm³/mol. The maximum atomic E-state index is 13.0. The van der Waals surface area contributed by atoms with Crippen molar-refractivity contribution in [3.63, 3.8) is 0 Å². The van der Waals surface area contributed by atoms with E-state index >= 15 is 0 Å². The molecule has 0 aromatic heterocycles. The van der Waals surface area contributed by atoms with Gasteiger partial charge in [-0.3, -0.25) is 4.79 Å². The number of carboxylic acids is 1. The second kappa shape index (κ2) is 3.98. The highest BCUT2D eigenvalue weighted by molar-refractivity contribution is 5.68. The van der Waals surface area contributed by atoms with Gasteiger partial charge in [0.15, 0.2) is 0 Å². The first kappa shape index (κ1) is 11.7. The molecule has 1 rings (SSSR count). The lowest BCUT2D eigenvalue weighted by Gasteiger charge is -2.22. The smallest absolute Gasteiger partial charge is 0.306 e. The number of carbonyl (C=O) groups is 1. The van der Waals surface area contributed by atoms with E-state index in [1.54, 1.807) is 6.92 Å². The van der Waals surface area contributed by atoms with E-state index in [0.29, 0.717) is 11.1 Å². The van der Waals surface area contributed by atoms with Crippen molar-refractivity contribution in [3.05, 3.63) is 35.1 Å². The Morgan fingerprint density at radius 1 is 1.53 bits per heavy atom. The van der Waals surface area contributed by atoms with Gasteiger partial charge in [0.2, 0.25) is 0 Å². The van der Waals surface area contributed by atoms with Crippen molar-refractivity contribution in [1.82, 2.24) is 0 Å². The van der Waals surface area contributed by atoms with Crippen molar-refractivity contribution in [2.45, 2.75) is 25.9 Å². The van der Waals surface area contributed by atoms with E-state index in [1.807, 2.05) is 0 Å². The van der Waals surface area contributed by atoms with Crippen LogP contribution in [-0.2, 0) is 10.4 Å². The van der Waals surface area contributed by atoms with Crippen LogP contribution in [0.4, 0.5) is 4.39 Å². The molecule has 0 heterocycles. The fourth-order valence-corrected chi connectivity index (χ4v) is 1.38. The molecule has 15 heavy (non-hydrogen) atoms. The van der Waals surface area contributed by atoms with Crippen molar-refractivity contribution in [1.29, 1.82) is 0 Å². The van der Waals surface area contributed by atoms with Crippen LogP contribution in [0.3, 0.4) is 0 Å². The number of carboxylic acid groups (broad SMARTS) is 1. The third-order valence-corrected chi connectivity index (χ3v) is 2.28. The summed E-state index contributed by atoms with van der Waals surface area (Å²) in [6.07, 6.45) is -0.405. The summed E-state index contributed by atoms with van der Waals surface area (Å²) in [4.78, 5) is 10.5. The molecular formula is C11H13FO3. The Labute approximate surface area is 87.2 Å². The van der Waals surface area contributed by atoms with Crippen molar-refractivity contribution in [2.24, 2.45) is 0 Å². The summed E-state index contributed by atoms with van der Waals surface area (Å²) in [5.74, 6) is -1.47. The number of rotatable bonds is 3. The van der Waals surface area contributed by atoms with E-state index < -0.39 is 18.0 Å². The van der Waals surface area contributed by atoms with E-state index in [2.05, 4.69) is 0 Å². The molecule has 82 valence electrons. The first-order valence-electron chi connectivity index (χ1n) is 4.54.